The Labute approximate surface area is 183 Å². The van der Waals surface area contributed by atoms with Gasteiger partial charge in [0.2, 0.25) is 0 Å². The van der Waals surface area contributed by atoms with Crippen molar-refractivity contribution in [2.24, 2.45) is 0 Å². The molecule has 5 nitrogen and oxygen atoms in total. The molecule has 0 spiro atoms. The summed E-state index contributed by atoms with van der Waals surface area (Å²) >= 11 is 0. The number of methoxy groups -OCH3 is 1. The fourth-order valence-electron chi connectivity index (χ4n) is 3.90. The zero-order chi connectivity index (χ0) is 21.6. The first kappa shape index (κ1) is 20.9. The number of esters is 1. The lowest BCUT2D eigenvalue weighted by Gasteiger charge is -2.29. The SMILES string of the molecule is COc1cc2c(cc1OCc1ccccc1)CCN(Cc1cccc(OC(C)=O)c1)C2. The largest absolute Gasteiger partial charge is 0.493 e. The summed E-state index contributed by atoms with van der Waals surface area (Å²) in [6, 6.07) is 22.1. The second kappa shape index (κ2) is 9.67. The molecule has 0 N–H and O–H groups in total. The van der Waals surface area contributed by atoms with Gasteiger partial charge in [-0.1, -0.05) is 42.5 Å². The average molecular weight is 418 g/mol. The van der Waals surface area contributed by atoms with E-state index in [0.29, 0.717) is 12.4 Å². The van der Waals surface area contributed by atoms with E-state index in [4.69, 9.17) is 14.2 Å². The van der Waals surface area contributed by atoms with Crippen molar-refractivity contribution in [3.05, 3.63) is 89.0 Å². The van der Waals surface area contributed by atoms with Crippen LogP contribution >= 0.6 is 0 Å². The lowest BCUT2D eigenvalue weighted by molar-refractivity contribution is -0.131. The molecule has 31 heavy (non-hydrogen) atoms. The molecule has 1 aliphatic rings. The predicted molar refractivity (Wildman–Crippen MR) is 119 cm³/mol. The second-order valence-corrected chi connectivity index (χ2v) is 7.75. The van der Waals surface area contributed by atoms with Gasteiger partial charge in [-0.25, -0.2) is 0 Å². The van der Waals surface area contributed by atoms with Crippen molar-refractivity contribution in [1.29, 1.82) is 0 Å². The lowest BCUT2D eigenvalue weighted by Crippen LogP contribution is -2.30. The van der Waals surface area contributed by atoms with Crippen LogP contribution in [0, 0.1) is 0 Å². The van der Waals surface area contributed by atoms with Crippen LogP contribution in [0.5, 0.6) is 17.2 Å². The molecule has 4 rings (SSSR count). The Morgan fingerprint density at radius 2 is 1.71 bits per heavy atom. The van der Waals surface area contributed by atoms with Crippen molar-refractivity contribution in [3.8, 4) is 17.2 Å². The minimum Gasteiger partial charge on any atom is -0.493 e. The fourth-order valence-corrected chi connectivity index (χ4v) is 3.90. The Morgan fingerprint density at radius 1 is 0.935 bits per heavy atom. The highest BCUT2D eigenvalue weighted by Gasteiger charge is 2.20. The van der Waals surface area contributed by atoms with Gasteiger partial charge in [0.05, 0.1) is 7.11 Å². The number of nitrogens with zero attached hydrogens (tertiary/aromatic N) is 1. The number of carbonyl (C=O) groups is 1. The highest BCUT2D eigenvalue weighted by atomic mass is 16.5. The number of rotatable bonds is 7. The first-order valence-electron chi connectivity index (χ1n) is 10.5. The van der Waals surface area contributed by atoms with Gasteiger partial charge in [0.25, 0.3) is 0 Å². The zero-order valence-corrected chi connectivity index (χ0v) is 18.0. The summed E-state index contributed by atoms with van der Waals surface area (Å²) in [5, 5.41) is 0. The molecular formula is C26H27NO4. The van der Waals surface area contributed by atoms with E-state index in [1.165, 1.54) is 18.1 Å². The Balaban J connectivity index is 1.45. The summed E-state index contributed by atoms with van der Waals surface area (Å²) in [7, 11) is 1.68. The third-order valence-electron chi connectivity index (χ3n) is 5.38. The summed E-state index contributed by atoms with van der Waals surface area (Å²) in [4.78, 5) is 13.6. The van der Waals surface area contributed by atoms with Crippen LogP contribution in [0.15, 0.2) is 66.7 Å². The number of carbonyl (C=O) groups excluding carboxylic acids is 1. The van der Waals surface area contributed by atoms with E-state index >= 15 is 0 Å². The first-order valence-corrected chi connectivity index (χ1v) is 10.5. The maximum atomic E-state index is 11.2. The normalized spacial score (nSPS) is 13.4. The van der Waals surface area contributed by atoms with Crippen LogP contribution in [0.3, 0.4) is 0 Å². The zero-order valence-electron chi connectivity index (χ0n) is 18.0. The highest BCUT2D eigenvalue weighted by molar-refractivity contribution is 5.69. The standard InChI is InChI=1S/C26H27NO4/c1-19(28)31-24-10-6-9-21(13-24)16-27-12-11-22-14-26(25(29-2)15-23(22)17-27)30-18-20-7-4-3-5-8-20/h3-10,13-15H,11-12,16-18H2,1-2H3. The molecule has 0 fully saturated rings. The van der Waals surface area contributed by atoms with Gasteiger partial charge in [-0.2, -0.15) is 0 Å². The maximum absolute atomic E-state index is 11.2. The number of fused-ring (bicyclic) bond motifs is 1. The summed E-state index contributed by atoms with van der Waals surface area (Å²) in [5.74, 6) is 1.83. The van der Waals surface area contributed by atoms with Gasteiger partial charge in [0.15, 0.2) is 11.5 Å². The highest BCUT2D eigenvalue weighted by Crippen LogP contribution is 2.34. The molecule has 160 valence electrons. The number of ether oxygens (including phenoxy) is 3. The van der Waals surface area contributed by atoms with Gasteiger partial charge >= 0.3 is 5.97 Å². The monoisotopic (exact) mass is 417 g/mol. The number of benzene rings is 3. The van der Waals surface area contributed by atoms with Crippen molar-refractivity contribution in [3.63, 3.8) is 0 Å². The fraction of sp³-hybridized carbons (Fsp3) is 0.269. The van der Waals surface area contributed by atoms with Crippen molar-refractivity contribution < 1.29 is 19.0 Å². The van der Waals surface area contributed by atoms with E-state index in [0.717, 1.165) is 48.7 Å². The number of hydrogen-bond donors (Lipinski definition) is 0. The summed E-state index contributed by atoms with van der Waals surface area (Å²) in [6.45, 7) is 4.51. The average Bonchev–Trinajstić information content (AvgIpc) is 2.77. The van der Waals surface area contributed by atoms with Gasteiger partial charge in [0, 0.05) is 26.6 Å². The van der Waals surface area contributed by atoms with E-state index in [2.05, 4.69) is 35.2 Å². The summed E-state index contributed by atoms with van der Waals surface area (Å²) in [6.07, 6.45) is 0.949. The van der Waals surface area contributed by atoms with Crippen LogP contribution < -0.4 is 14.2 Å². The molecule has 5 heteroatoms. The topological polar surface area (TPSA) is 48.0 Å². The van der Waals surface area contributed by atoms with E-state index < -0.39 is 0 Å². The van der Waals surface area contributed by atoms with Gasteiger partial charge in [0.1, 0.15) is 12.4 Å². The molecule has 0 aliphatic carbocycles. The van der Waals surface area contributed by atoms with Crippen LogP contribution in [0.25, 0.3) is 0 Å². The summed E-state index contributed by atoms with van der Waals surface area (Å²) < 4.78 is 16.9. The van der Waals surface area contributed by atoms with E-state index in [1.54, 1.807) is 13.2 Å². The Bertz CT molecular complexity index is 1050. The third kappa shape index (κ3) is 5.44. The quantitative estimate of drug-likeness (QED) is 0.410. The number of hydrogen-bond acceptors (Lipinski definition) is 5. The first-order chi connectivity index (χ1) is 15.1. The molecular weight excluding hydrogens is 390 g/mol. The summed E-state index contributed by atoms with van der Waals surface area (Å²) in [5.41, 5.74) is 4.81. The van der Waals surface area contributed by atoms with Crippen LogP contribution in [0.4, 0.5) is 0 Å². The minimum absolute atomic E-state index is 0.304. The Morgan fingerprint density at radius 3 is 2.48 bits per heavy atom. The van der Waals surface area contributed by atoms with Crippen LogP contribution in [-0.4, -0.2) is 24.5 Å². The maximum Gasteiger partial charge on any atom is 0.308 e. The predicted octanol–water partition coefficient (Wildman–Crippen LogP) is 4.76. The lowest BCUT2D eigenvalue weighted by atomic mass is 9.98. The van der Waals surface area contributed by atoms with Crippen molar-refractivity contribution in [2.75, 3.05) is 13.7 Å². The van der Waals surface area contributed by atoms with Crippen molar-refractivity contribution in [1.82, 2.24) is 4.90 Å². The van der Waals surface area contributed by atoms with E-state index in [-0.39, 0.29) is 5.97 Å². The van der Waals surface area contributed by atoms with E-state index in [1.807, 2.05) is 30.3 Å². The van der Waals surface area contributed by atoms with Gasteiger partial charge in [-0.3, -0.25) is 9.69 Å². The molecule has 1 heterocycles. The molecule has 3 aromatic rings. The molecule has 0 amide bonds. The molecule has 0 atom stereocenters. The van der Waals surface area contributed by atoms with Gasteiger partial charge in [-0.05, 0) is 52.9 Å². The molecule has 0 bridgehead atoms. The van der Waals surface area contributed by atoms with Crippen molar-refractivity contribution in [2.45, 2.75) is 33.0 Å². The van der Waals surface area contributed by atoms with Crippen LogP contribution in [0.2, 0.25) is 0 Å². The van der Waals surface area contributed by atoms with E-state index in [9.17, 15) is 4.79 Å². The van der Waals surface area contributed by atoms with Gasteiger partial charge in [-0.15, -0.1) is 0 Å². The smallest absolute Gasteiger partial charge is 0.308 e. The minimum atomic E-state index is -0.304. The molecule has 0 radical (unpaired) electrons. The Hall–Kier alpha value is -3.31. The van der Waals surface area contributed by atoms with Crippen LogP contribution in [0.1, 0.15) is 29.2 Å². The van der Waals surface area contributed by atoms with Gasteiger partial charge < -0.3 is 14.2 Å². The Kier molecular flexibility index (Phi) is 6.53. The molecule has 0 unspecified atom stereocenters. The molecule has 0 saturated heterocycles. The molecule has 3 aromatic carbocycles. The van der Waals surface area contributed by atoms with Crippen LogP contribution in [-0.2, 0) is 30.9 Å². The molecule has 0 saturated carbocycles. The molecule has 1 aliphatic heterocycles. The molecule has 0 aromatic heterocycles. The second-order valence-electron chi connectivity index (χ2n) is 7.75. The van der Waals surface area contributed by atoms with Crippen molar-refractivity contribution >= 4 is 5.97 Å². The third-order valence-corrected chi connectivity index (χ3v) is 5.38.